The van der Waals surface area contributed by atoms with Gasteiger partial charge in [-0.05, 0) is 39.8 Å². The van der Waals surface area contributed by atoms with Gasteiger partial charge in [-0.15, -0.1) is 0 Å². The maximum Gasteiger partial charge on any atom is 0.125 e. The van der Waals surface area contributed by atoms with Crippen molar-refractivity contribution in [1.82, 2.24) is 0 Å². The molecule has 0 unspecified atom stereocenters. The Morgan fingerprint density at radius 2 is 2.00 bits per heavy atom. The first kappa shape index (κ1) is 11.1. The first-order chi connectivity index (χ1) is 6.45. The summed E-state index contributed by atoms with van der Waals surface area (Å²) in [5.41, 5.74) is 1.13. The van der Waals surface area contributed by atoms with E-state index in [1.54, 1.807) is 13.8 Å². The molecule has 0 radical (unpaired) electrons. The van der Waals surface area contributed by atoms with Crippen molar-refractivity contribution < 1.29 is 9.84 Å². The Morgan fingerprint density at radius 3 is 2.50 bits per heavy atom. The minimum absolute atomic E-state index is 0.617. The van der Waals surface area contributed by atoms with E-state index in [4.69, 9.17) is 4.74 Å². The molecule has 1 rings (SSSR count). The Morgan fingerprint density at radius 1 is 1.36 bits per heavy atom. The van der Waals surface area contributed by atoms with Crippen LogP contribution in [-0.4, -0.2) is 11.7 Å². The van der Waals surface area contributed by atoms with Gasteiger partial charge in [-0.3, -0.25) is 0 Å². The molecule has 2 heteroatoms. The predicted octanol–water partition coefficient (Wildman–Crippen LogP) is 2.62. The lowest BCUT2D eigenvalue weighted by Gasteiger charge is -2.21. The monoisotopic (exact) mass is 194 g/mol. The van der Waals surface area contributed by atoms with Crippen LogP contribution in [0.3, 0.4) is 0 Å². The first-order valence-corrected chi connectivity index (χ1v) is 4.91. The number of aryl methyl sites for hydroxylation is 1. The second kappa shape index (κ2) is 4.01. The van der Waals surface area contributed by atoms with Gasteiger partial charge in [0.25, 0.3) is 0 Å². The van der Waals surface area contributed by atoms with Gasteiger partial charge in [0.1, 0.15) is 5.75 Å². The van der Waals surface area contributed by atoms with Gasteiger partial charge in [0, 0.05) is 5.56 Å². The fourth-order valence-electron chi connectivity index (χ4n) is 1.40. The molecule has 0 aliphatic carbocycles. The highest BCUT2D eigenvalue weighted by molar-refractivity contribution is 5.40. The minimum atomic E-state index is -0.851. The fraction of sp³-hybridized carbons (Fsp3) is 0.500. The summed E-state index contributed by atoms with van der Waals surface area (Å²) in [6.45, 7) is 8.10. The van der Waals surface area contributed by atoms with Crippen molar-refractivity contribution >= 4 is 0 Å². The molecule has 0 heterocycles. The second-order valence-electron chi connectivity index (χ2n) is 3.99. The number of rotatable bonds is 3. The lowest BCUT2D eigenvalue weighted by Crippen LogP contribution is -2.17. The molecule has 0 fully saturated rings. The van der Waals surface area contributed by atoms with Crippen LogP contribution in [0.2, 0.25) is 0 Å². The molecule has 0 saturated carbocycles. The summed E-state index contributed by atoms with van der Waals surface area (Å²) >= 11 is 0. The van der Waals surface area contributed by atoms with E-state index in [9.17, 15) is 5.11 Å². The van der Waals surface area contributed by atoms with E-state index in [0.717, 1.165) is 16.9 Å². The molecule has 0 aliphatic rings. The van der Waals surface area contributed by atoms with Gasteiger partial charge in [-0.25, -0.2) is 0 Å². The SMILES string of the molecule is CCOc1ccc(C)cc1C(C)(C)O. The van der Waals surface area contributed by atoms with E-state index in [1.165, 1.54) is 0 Å². The molecule has 0 aliphatic heterocycles. The summed E-state index contributed by atoms with van der Waals surface area (Å²) in [6, 6.07) is 5.86. The molecular weight excluding hydrogens is 176 g/mol. The van der Waals surface area contributed by atoms with E-state index in [2.05, 4.69) is 0 Å². The summed E-state index contributed by atoms with van der Waals surface area (Å²) in [6.07, 6.45) is 0. The van der Waals surface area contributed by atoms with Crippen LogP contribution in [0.1, 0.15) is 31.9 Å². The third kappa shape index (κ3) is 2.48. The molecule has 0 atom stereocenters. The van der Waals surface area contributed by atoms with Crippen molar-refractivity contribution in [3.05, 3.63) is 29.3 Å². The van der Waals surface area contributed by atoms with Crippen LogP contribution in [0.5, 0.6) is 5.75 Å². The van der Waals surface area contributed by atoms with Crippen LogP contribution in [0.15, 0.2) is 18.2 Å². The standard InChI is InChI=1S/C12H18O2/c1-5-14-11-7-6-9(2)8-10(11)12(3,4)13/h6-8,13H,5H2,1-4H3. The normalized spacial score (nSPS) is 11.5. The lowest BCUT2D eigenvalue weighted by molar-refractivity contribution is 0.0749. The molecule has 0 bridgehead atoms. The van der Waals surface area contributed by atoms with Crippen LogP contribution >= 0.6 is 0 Å². The summed E-state index contributed by atoms with van der Waals surface area (Å²) < 4.78 is 5.46. The van der Waals surface area contributed by atoms with Crippen molar-refractivity contribution in [1.29, 1.82) is 0 Å². The number of hydrogen-bond donors (Lipinski definition) is 1. The van der Waals surface area contributed by atoms with Crippen molar-refractivity contribution in [2.75, 3.05) is 6.61 Å². The topological polar surface area (TPSA) is 29.5 Å². The number of hydrogen-bond acceptors (Lipinski definition) is 2. The summed E-state index contributed by atoms with van der Waals surface area (Å²) in [7, 11) is 0. The maximum atomic E-state index is 9.94. The first-order valence-electron chi connectivity index (χ1n) is 4.91. The molecular formula is C12H18O2. The number of ether oxygens (including phenoxy) is 1. The molecule has 0 spiro atoms. The predicted molar refractivity (Wildman–Crippen MR) is 57.6 cm³/mol. The van der Waals surface area contributed by atoms with Crippen LogP contribution in [-0.2, 0) is 5.60 Å². The van der Waals surface area contributed by atoms with Gasteiger partial charge in [0.2, 0.25) is 0 Å². The second-order valence-corrected chi connectivity index (χ2v) is 3.99. The van der Waals surface area contributed by atoms with Crippen molar-refractivity contribution in [3.63, 3.8) is 0 Å². The van der Waals surface area contributed by atoms with Gasteiger partial charge < -0.3 is 9.84 Å². The maximum absolute atomic E-state index is 9.94. The van der Waals surface area contributed by atoms with E-state index < -0.39 is 5.60 Å². The molecule has 1 aromatic rings. The van der Waals surface area contributed by atoms with Gasteiger partial charge in [-0.1, -0.05) is 11.6 Å². The smallest absolute Gasteiger partial charge is 0.125 e. The van der Waals surface area contributed by atoms with Crippen LogP contribution in [0.4, 0.5) is 0 Å². The summed E-state index contributed by atoms with van der Waals surface area (Å²) in [5, 5.41) is 9.94. The van der Waals surface area contributed by atoms with E-state index in [0.29, 0.717) is 6.61 Å². The zero-order chi connectivity index (χ0) is 10.8. The highest BCUT2D eigenvalue weighted by atomic mass is 16.5. The Hall–Kier alpha value is -1.02. The zero-order valence-electron chi connectivity index (χ0n) is 9.29. The minimum Gasteiger partial charge on any atom is -0.493 e. The Kier molecular flexibility index (Phi) is 3.17. The molecule has 14 heavy (non-hydrogen) atoms. The Bertz CT molecular complexity index is 311. The molecule has 1 aromatic carbocycles. The zero-order valence-corrected chi connectivity index (χ0v) is 9.29. The third-order valence-corrected chi connectivity index (χ3v) is 2.09. The van der Waals surface area contributed by atoms with Gasteiger partial charge in [0.15, 0.2) is 0 Å². The van der Waals surface area contributed by atoms with Gasteiger partial charge in [0.05, 0.1) is 12.2 Å². The molecule has 1 N–H and O–H groups in total. The third-order valence-electron chi connectivity index (χ3n) is 2.09. The molecule has 0 aromatic heterocycles. The molecule has 0 saturated heterocycles. The van der Waals surface area contributed by atoms with Crippen molar-refractivity contribution in [2.45, 2.75) is 33.3 Å². The Balaban J connectivity index is 3.16. The lowest BCUT2D eigenvalue weighted by atomic mass is 9.96. The molecule has 78 valence electrons. The average Bonchev–Trinajstić information content (AvgIpc) is 2.07. The number of aliphatic hydroxyl groups is 1. The highest BCUT2D eigenvalue weighted by Gasteiger charge is 2.20. The van der Waals surface area contributed by atoms with Crippen LogP contribution < -0.4 is 4.74 Å². The van der Waals surface area contributed by atoms with Crippen molar-refractivity contribution in [2.24, 2.45) is 0 Å². The molecule has 2 nitrogen and oxygen atoms in total. The Labute approximate surface area is 85.5 Å². The van der Waals surface area contributed by atoms with E-state index >= 15 is 0 Å². The van der Waals surface area contributed by atoms with E-state index in [-0.39, 0.29) is 0 Å². The highest BCUT2D eigenvalue weighted by Crippen LogP contribution is 2.30. The van der Waals surface area contributed by atoms with E-state index in [1.807, 2.05) is 32.0 Å². The van der Waals surface area contributed by atoms with Crippen LogP contribution in [0.25, 0.3) is 0 Å². The number of benzene rings is 1. The fourth-order valence-corrected chi connectivity index (χ4v) is 1.40. The summed E-state index contributed by atoms with van der Waals surface area (Å²) in [5.74, 6) is 0.769. The molecule has 0 amide bonds. The van der Waals surface area contributed by atoms with Gasteiger partial charge >= 0.3 is 0 Å². The van der Waals surface area contributed by atoms with Crippen LogP contribution in [0, 0.1) is 6.92 Å². The summed E-state index contributed by atoms with van der Waals surface area (Å²) in [4.78, 5) is 0. The van der Waals surface area contributed by atoms with Crippen molar-refractivity contribution in [3.8, 4) is 5.75 Å². The van der Waals surface area contributed by atoms with Gasteiger partial charge in [-0.2, -0.15) is 0 Å². The largest absolute Gasteiger partial charge is 0.493 e. The average molecular weight is 194 g/mol. The quantitative estimate of drug-likeness (QED) is 0.801.